The van der Waals surface area contributed by atoms with Gasteiger partial charge in [0.1, 0.15) is 24.6 Å². The molecule has 7 fully saturated rings. The van der Waals surface area contributed by atoms with Gasteiger partial charge in [0.05, 0.1) is 46.7 Å². The highest BCUT2D eigenvalue weighted by molar-refractivity contribution is 7.90. The van der Waals surface area contributed by atoms with Gasteiger partial charge in [0, 0.05) is 37.4 Å². The lowest BCUT2D eigenvalue weighted by Gasteiger charge is -2.31. The highest BCUT2D eigenvalue weighted by Gasteiger charge is 2.61. The minimum atomic E-state index is -3.86. The van der Waals surface area contributed by atoms with Crippen LogP contribution < -0.4 is 14.2 Å². The molecule has 5 aliphatic carbocycles. The fraction of sp³-hybridized carbons (Fsp3) is 0.706. The van der Waals surface area contributed by atoms with Gasteiger partial charge in [-0.2, -0.15) is 0 Å². The van der Waals surface area contributed by atoms with Gasteiger partial charge < -0.3 is 19.1 Å². The summed E-state index contributed by atoms with van der Waals surface area (Å²) in [6.07, 6.45) is 16.8. The molecular weight excluding hydrogens is 845 g/mol. The first-order valence-corrected chi connectivity index (χ1v) is 26.7. The average Bonchev–Trinajstić information content (AvgIpc) is 3.77. The summed E-state index contributed by atoms with van der Waals surface area (Å²) in [5, 5.41) is 0.331. The average molecular weight is 913 g/mol. The van der Waals surface area contributed by atoms with Crippen LogP contribution in [0, 0.1) is 35.0 Å². The molecule has 14 heteroatoms. The largest absolute Gasteiger partial charge is 0.491 e. The minimum Gasteiger partial charge on any atom is -0.491 e. The van der Waals surface area contributed by atoms with Crippen molar-refractivity contribution in [1.29, 1.82) is 0 Å². The summed E-state index contributed by atoms with van der Waals surface area (Å²) in [5.41, 5.74) is 0.366. The first kappa shape index (κ1) is 44.8. The van der Waals surface area contributed by atoms with Crippen molar-refractivity contribution in [1.82, 2.24) is 19.5 Å². The number of nitrogens with one attached hydrogen (secondary N) is 1. The third-order valence-electron chi connectivity index (χ3n) is 16.9. The maximum atomic E-state index is 15.2. The number of piperidine rings is 1. The van der Waals surface area contributed by atoms with E-state index in [0.29, 0.717) is 44.2 Å². The zero-order valence-corrected chi connectivity index (χ0v) is 38.8. The maximum absolute atomic E-state index is 15.2. The van der Waals surface area contributed by atoms with Crippen LogP contribution in [0.3, 0.4) is 0 Å². The highest BCUT2D eigenvalue weighted by Crippen LogP contribution is 2.57. The number of sulfonamides is 1. The molecule has 10 rings (SSSR count). The standard InChI is InChI=1S/C51H68N4O9S/c1-2-35-28-51(35,50(59)53-65(60,61)38-21-22-38)29-44(56)43-26-37-31-55(43)49(58)41(33-11-6-7-12-33)27-46(57)64-45-18-10-14-34(45)13-4-3-5-16-40-47(39-15-8-9-17-42(39)52-48(40)63-37)62-24-23-54-30-32-19-20-36(54)25-32/h2,8-9,15,17,32-38,41,43,45H,1,3-7,10-14,16,18-31H2,(H,53,59)/t32?,34-,35-,36?,37-,41+,43+,45-,51-/m1/s1. The van der Waals surface area contributed by atoms with Crippen LogP contribution in [0.15, 0.2) is 36.9 Å². The fourth-order valence-electron chi connectivity index (χ4n) is 12.9. The van der Waals surface area contributed by atoms with Crippen LogP contribution in [0.25, 0.3) is 10.9 Å². The Morgan fingerprint density at radius 2 is 1.69 bits per heavy atom. The third kappa shape index (κ3) is 9.33. The Hall–Kier alpha value is -4.04. The Bertz CT molecular complexity index is 2280. The lowest BCUT2D eigenvalue weighted by Crippen LogP contribution is -2.47. The van der Waals surface area contributed by atoms with E-state index >= 15 is 4.79 Å². The van der Waals surface area contributed by atoms with Gasteiger partial charge >= 0.3 is 5.97 Å². The van der Waals surface area contributed by atoms with E-state index in [1.807, 2.05) is 18.2 Å². The molecule has 1 aromatic carbocycles. The van der Waals surface area contributed by atoms with E-state index in [1.165, 1.54) is 19.3 Å². The molecule has 13 nitrogen and oxygen atoms in total. The monoisotopic (exact) mass is 912 g/mol. The molecule has 1 N–H and O–H groups in total. The summed E-state index contributed by atoms with van der Waals surface area (Å²) in [6.45, 7) is 6.53. The molecule has 2 unspecified atom stereocenters. The van der Waals surface area contributed by atoms with Gasteiger partial charge in [-0.25, -0.2) is 13.4 Å². The molecule has 8 aliphatic rings. The molecule has 5 saturated carbocycles. The number of likely N-dealkylation sites (tertiary alicyclic amines) is 1. The summed E-state index contributed by atoms with van der Waals surface area (Å²) in [4.78, 5) is 67.2. The van der Waals surface area contributed by atoms with E-state index < -0.39 is 44.7 Å². The van der Waals surface area contributed by atoms with Crippen molar-refractivity contribution in [2.75, 3.05) is 26.2 Å². The third-order valence-corrected chi connectivity index (χ3v) is 18.7. The molecule has 0 radical (unpaired) electrons. The van der Waals surface area contributed by atoms with Crippen LogP contribution in [0.2, 0.25) is 0 Å². The number of para-hydroxylation sites is 1. The van der Waals surface area contributed by atoms with E-state index in [0.717, 1.165) is 112 Å². The Morgan fingerprint density at radius 1 is 0.908 bits per heavy atom. The SMILES string of the molecule is C=C[C@@H]1C[C@]1(CC(=O)[C@@H]1C[C@@H]2CN1C(=O)[C@H](C1CCCC1)CC(=O)O[C@@H]1CCC[C@H]1CCCCCc1c(nc3ccccc3c1OCCN1CC3CCC1C3)O2)C(=O)NS(=O)(=O)C1CC1. The molecular formula is C51H68N4O9S. The summed E-state index contributed by atoms with van der Waals surface area (Å²) in [7, 11) is -3.86. The molecule has 4 heterocycles. The highest BCUT2D eigenvalue weighted by atomic mass is 32.2. The molecule has 2 amide bonds. The lowest BCUT2D eigenvalue weighted by atomic mass is 9.86. The van der Waals surface area contributed by atoms with Gasteiger partial charge in [-0.05, 0) is 126 Å². The van der Waals surface area contributed by atoms with Crippen molar-refractivity contribution < 1.29 is 41.8 Å². The number of nitrogens with zero attached hydrogens (tertiary/aromatic N) is 3. The van der Waals surface area contributed by atoms with Gasteiger partial charge in [-0.3, -0.25) is 28.8 Å². The van der Waals surface area contributed by atoms with E-state index in [-0.39, 0.29) is 67.3 Å². The van der Waals surface area contributed by atoms with Crippen LogP contribution in [0.4, 0.5) is 0 Å². The molecule has 65 heavy (non-hydrogen) atoms. The van der Waals surface area contributed by atoms with Crippen molar-refractivity contribution in [3.05, 3.63) is 42.5 Å². The summed E-state index contributed by atoms with van der Waals surface area (Å²) in [5.74, 6) is -0.398. The van der Waals surface area contributed by atoms with E-state index in [4.69, 9.17) is 19.2 Å². The quantitative estimate of drug-likeness (QED) is 0.169. The second-order valence-electron chi connectivity index (χ2n) is 21.1. The number of allylic oxidation sites excluding steroid dienone is 1. The number of benzene rings is 1. The Morgan fingerprint density at radius 3 is 2.45 bits per heavy atom. The number of ether oxygens (including phenoxy) is 3. The number of esters is 1. The number of carbonyl (C=O) groups is 4. The van der Waals surface area contributed by atoms with Crippen molar-refractivity contribution in [2.45, 2.75) is 164 Å². The fourth-order valence-corrected chi connectivity index (χ4v) is 14.3. The van der Waals surface area contributed by atoms with Crippen LogP contribution in [0.5, 0.6) is 11.6 Å². The van der Waals surface area contributed by atoms with Crippen molar-refractivity contribution in [2.24, 2.45) is 35.0 Å². The molecule has 0 spiro atoms. The second kappa shape index (κ2) is 18.6. The normalized spacial score (nSPS) is 33.4. The van der Waals surface area contributed by atoms with Crippen LogP contribution in [-0.2, 0) is 40.4 Å². The van der Waals surface area contributed by atoms with Crippen molar-refractivity contribution in [3.8, 4) is 11.6 Å². The minimum absolute atomic E-state index is 0.0294. The lowest BCUT2D eigenvalue weighted by molar-refractivity contribution is -0.156. The summed E-state index contributed by atoms with van der Waals surface area (Å²) in [6, 6.07) is 7.68. The number of pyridine rings is 1. The number of hydrogen-bond donors (Lipinski definition) is 1. The topological polar surface area (TPSA) is 162 Å². The second-order valence-corrected chi connectivity index (χ2v) is 23.1. The summed E-state index contributed by atoms with van der Waals surface area (Å²) >= 11 is 0. The number of fused-ring (bicyclic) bond motifs is 7. The number of hydrogen-bond acceptors (Lipinski definition) is 11. The van der Waals surface area contributed by atoms with Gasteiger partial charge in [0.25, 0.3) is 0 Å². The van der Waals surface area contributed by atoms with Crippen LogP contribution in [0.1, 0.15) is 134 Å². The van der Waals surface area contributed by atoms with Gasteiger partial charge in [0.15, 0.2) is 5.78 Å². The van der Waals surface area contributed by atoms with Crippen molar-refractivity contribution in [3.63, 3.8) is 0 Å². The van der Waals surface area contributed by atoms with Crippen LogP contribution in [-0.4, -0.2) is 103 Å². The molecule has 3 aliphatic heterocycles. The molecule has 4 bridgehead atoms. The zero-order chi connectivity index (χ0) is 44.9. The first-order valence-electron chi connectivity index (χ1n) is 25.2. The van der Waals surface area contributed by atoms with E-state index in [1.54, 1.807) is 11.0 Å². The van der Waals surface area contributed by atoms with Gasteiger partial charge in [-0.1, -0.05) is 43.9 Å². The van der Waals surface area contributed by atoms with E-state index in [9.17, 15) is 22.8 Å². The zero-order valence-electron chi connectivity index (χ0n) is 38.0. The van der Waals surface area contributed by atoms with Crippen molar-refractivity contribution >= 4 is 44.5 Å². The Kier molecular flexibility index (Phi) is 12.8. The van der Waals surface area contributed by atoms with E-state index in [2.05, 4.69) is 22.3 Å². The van der Waals surface area contributed by atoms with Crippen LogP contribution >= 0.6 is 0 Å². The Balaban J connectivity index is 0.982. The molecule has 1 aromatic heterocycles. The molecule has 352 valence electrons. The smallest absolute Gasteiger partial charge is 0.306 e. The number of carbonyl (C=O) groups excluding carboxylic acids is 4. The van der Waals surface area contributed by atoms with Gasteiger partial charge in [0.2, 0.25) is 27.7 Å². The molecule has 2 saturated heterocycles. The number of aromatic nitrogens is 1. The molecule has 9 atom stereocenters. The van der Waals surface area contributed by atoms with Gasteiger partial charge in [-0.15, -0.1) is 6.58 Å². The first-order chi connectivity index (χ1) is 31.5. The predicted molar refractivity (Wildman–Crippen MR) is 244 cm³/mol. The number of rotatable bonds is 12. The predicted octanol–water partition coefficient (Wildman–Crippen LogP) is 7.23. The number of Topliss-reactive ketones (excluding diaryl/α,β-unsaturated/α-hetero) is 1. The summed E-state index contributed by atoms with van der Waals surface area (Å²) < 4.78 is 48.3. The number of ketones is 1. The number of amides is 2. The maximum Gasteiger partial charge on any atom is 0.306 e. The molecule has 2 aromatic rings. The Labute approximate surface area is 384 Å².